The maximum Gasteiger partial charge on any atom is 0.166 e. The van der Waals surface area contributed by atoms with Crippen LogP contribution in [0, 0.1) is 0 Å². The number of benzene rings is 1. The molecular formula is C18H28ClNO2. The molecule has 1 saturated carbocycles. The van der Waals surface area contributed by atoms with Gasteiger partial charge in [0.05, 0.1) is 0 Å². The summed E-state index contributed by atoms with van der Waals surface area (Å²) in [6.45, 7) is 6.35. The van der Waals surface area contributed by atoms with Crippen LogP contribution < -0.4 is 5.73 Å². The third-order valence-electron chi connectivity index (χ3n) is 5.31. The van der Waals surface area contributed by atoms with Gasteiger partial charge in [0.2, 0.25) is 0 Å². The minimum absolute atomic E-state index is 0.113. The zero-order valence-corrected chi connectivity index (χ0v) is 14.6. The van der Waals surface area contributed by atoms with E-state index in [-0.39, 0.29) is 5.41 Å². The van der Waals surface area contributed by atoms with Gasteiger partial charge in [-0.25, -0.2) is 0 Å². The molecule has 0 heterocycles. The second-order valence-electron chi connectivity index (χ2n) is 6.77. The van der Waals surface area contributed by atoms with Crippen molar-refractivity contribution in [2.45, 2.75) is 69.6 Å². The molecule has 1 fully saturated rings. The van der Waals surface area contributed by atoms with Crippen LogP contribution in [0.25, 0.3) is 0 Å². The summed E-state index contributed by atoms with van der Waals surface area (Å²) in [4.78, 5) is 0. The largest absolute Gasteiger partial charge is 0.365 e. The van der Waals surface area contributed by atoms with E-state index in [1.54, 1.807) is 0 Å². The summed E-state index contributed by atoms with van der Waals surface area (Å²) in [6, 6.07) is 7.97. The first-order valence-corrected chi connectivity index (χ1v) is 8.58. The first kappa shape index (κ1) is 17.7. The molecule has 0 aromatic heterocycles. The molecule has 2 rings (SSSR count). The Labute approximate surface area is 138 Å². The van der Waals surface area contributed by atoms with Crippen molar-refractivity contribution in [2.24, 2.45) is 5.73 Å². The summed E-state index contributed by atoms with van der Waals surface area (Å²) >= 11 is 6.02. The van der Waals surface area contributed by atoms with Crippen LogP contribution in [0.5, 0.6) is 0 Å². The Hall–Kier alpha value is -0.610. The highest BCUT2D eigenvalue weighted by molar-refractivity contribution is 6.30. The number of nitrogens with two attached hydrogens (primary N) is 1. The Balaban J connectivity index is 2.30. The predicted molar refractivity (Wildman–Crippen MR) is 91.1 cm³/mol. The molecular weight excluding hydrogens is 298 g/mol. The van der Waals surface area contributed by atoms with Crippen molar-refractivity contribution < 1.29 is 9.84 Å². The zero-order valence-electron chi connectivity index (χ0n) is 13.9. The molecule has 0 saturated heterocycles. The fourth-order valence-corrected chi connectivity index (χ4v) is 3.90. The first-order chi connectivity index (χ1) is 10.3. The van der Waals surface area contributed by atoms with E-state index in [0.29, 0.717) is 19.4 Å². The predicted octanol–water partition coefficient (Wildman–Crippen LogP) is 4.00. The van der Waals surface area contributed by atoms with Crippen LogP contribution in [-0.4, -0.2) is 23.0 Å². The molecule has 0 spiro atoms. The van der Waals surface area contributed by atoms with Gasteiger partial charge >= 0.3 is 0 Å². The molecule has 2 atom stereocenters. The smallest absolute Gasteiger partial charge is 0.166 e. The van der Waals surface area contributed by atoms with Crippen molar-refractivity contribution in [1.29, 1.82) is 0 Å². The molecule has 3 N–H and O–H groups in total. The first-order valence-electron chi connectivity index (χ1n) is 8.20. The van der Waals surface area contributed by atoms with Crippen molar-refractivity contribution >= 4 is 11.6 Å². The summed E-state index contributed by atoms with van der Waals surface area (Å²) in [5.74, 6) is -1.16. The number of ether oxygens (including phenoxy) is 1. The fourth-order valence-electron chi connectivity index (χ4n) is 3.78. The van der Waals surface area contributed by atoms with Crippen LogP contribution in [0.4, 0.5) is 0 Å². The zero-order chi connectivity index (χ0) is 16.4. The molecule has 0 bridgehead atoms. The molecule has 4 heteroatoms. The maximum atomic E-state index is 10.7. The Bertz CT molecular complexity index is 496. The molecule has 124 valence electrons. The SMILES string of the molecule is CCOC(O)(CC)CC(C)(N)C1(c2ccc(Cl)cc2)CCC1. The van der Waals surface area contributed by atoms with Crippen LogP contribution in [0.1, 0.15) is 58.4 Å². The molecule has 0 aliphatic heterocycles. The quantitative estimate of drug-likeness (QED) is 0.745. The average Bonchev–Trinajstić information content (AvgIpc) is 2.39. The highest BCUT2D eigenvalue weighted by atomic mass is 35.5. The van der Waals surface area contributed by atoms with Gasteiger partial charge in [-0.2, -0.15) is 0 Å². The minimum atomic E-state index is -1.16. The average molecular weight is 326 g/mol. The van der Waals surface area contributed by atoms with E-state index >= 15 is 0 Å². The van der Waals surface area contributed by atoms with Crippen molar-refractivity contribution in [3.63, 3.8) is 0 Å². The van der Waals surface area contributed by atoms with Gasteiger partial charge in [-0.05, 0) is 50.8 Å². The van der Waals surface area contributed by atoms with Gasteiger partial charge in [-0.15, -0.1) is 0 Å². The van der Waals surface area contributed by atoms with E-state index in [2.05, 4.69) is 12.1 Å². The second kappa shape index (κ2) is 6.48. The lowest BCUT2D eigenvalue weighted by Gasteiger charge is -2.55. The van der Waals surface area contributed by atoms with E-state index in [1.807, 2.05) is 32.9 Å². The molecule has 0 amide bonds. The number of halogens is 1. The molecule has 0 radical (unpaired) electrons. The third kappa shape index (κ3) is 3.18. The lowest BCUT2D eigenvalue weighted by Crippen LogP contribution is -2.63. The van der Waals surface area contributed by atoms with Crippen LogP contribution in [0.15, 0.2) is 24.3 Å². The summed E-state index contributed by atoms with van der Waals surface area (Å²) in [6.07, 6.45) is 4.19. The van der Waals surface area contributed by atoms with Gasteiger partial charge < -0.3 is 15.6 Å². The second-order valence-corrected chi connectivity index (χ2v) is 7.21. The van der Waals surface area contributed by atoms with Gasteiger partial charge in [0.1, 0.15) is 0 Å². The molecule has 1 aliphatic carbocycles. The Morgan fingerprint density at radius 3 is 2.27 bits per heavy atom. The Morgan fingerprint density at radius 1 is 1.27 bits per heavy atom. The van der Waals surface area contributed by atoms with Gasteiger partial charge in [0.25, 0.3) is 0 Å². The van der Waals surface area contributed by atoms with Gasteiger partial charge in [-0.3, -0.25) is 0 Å². The van der Waals surface area contributed by atoms with E-state index in [9.17, 15) is 5.11 Å². The Morgan fingerprint density at radius 2 is 1.86 bits per heavy atom. The number of rotatable bonds is 7. The molecule has 22 heavy (non-hydrogen) atoms. The van der Waals surface area contributed by atoms with Crippen molar-refractivity contribution in [1.82, 2.24) is 0 Å². The van der Waals surface area contributed by atoms with E-state index in [0.717, 1.165) is 24.3 Å². The molecule has 2 unspecified atom stereocenters. The fraction of sp³-hybridized carbons (Fsp3) is 0.667. The van der Waals surface area contributed by atoms with Crippen LogP contribution in [0.3, 0.4) is 0 Å². The van der Waals surface area contributed by atoms with Gasteiger partial charge in [0.15, 0.2) is 5.79 Å². The highest BCUT2D eigenvalue weighted by Gasteiger charge is 2.53. The van der Waals surface area contributed by atoms with E-state index in [4.69, 9.17) is 22.1 Å². The van der Waals surface area contributed by atoms with Crippen LogP contribution >= 0.6 is 11.6 Å². The molecule has 1 aliphatic rings. The minimum Gasteiger partial charge on any atom is -0.365 e. The van der Waals surface area contributed by atoms with Crippen molar-refractivity contribution in [3.05, 3.63) is 34.9 Å². The lowest BCUT2D eigenvalue weighted by atomic mass is 9.53. The topological polar surface area (TPSA) is 55.5 Å². The summed E-state index contributed by atoms with van der Waals surface area (Å²) < 4.78 is 5.59. The Kier molecular flexibility index (Phi) is 5.23. The van der Waals surface area contributed by atoms with E-state index in [1.165, 1.54) is 5.56 Å². The third-order valence-corrected chi connectivity index (χ3v) is 5.56. The van der Waals surface area contributed by atoms with Crippen LogP contribution in [-0.2, 0) is 10.2 Å². The van der Waals surface area contributed by atoms with E-state index < -0.39 is 11.3 Å². The van der Waals surface area contributed by atoms with Gasteiger partial charge in [-0.1, -0.05) is 37.1 Å². The molecule has 3 nitrogen and oxygen atoms in total. The van der Waals surface area contributed by atoms with Crippen LogP contribution in [0.2, 0.25) is 5.02 Å². The summed E-state index contributed by atoms with van der Waals surface area (Å²) in [7, 11) is 0. The van der Waals surface area contributed by atoms with Gasteiger partial charge in [0, 0.05) is 29.0 Å². The number of aliphatic hydroxyl groups is 1. The standard InChI is InChI=1S/C18H28ClNO2/c1-4-18(21,22-5-2)13-16(3,20)17(11-6-12-17)14-7-9-15(19)10-8-14/h7-10,21H,4-6,11-13,20H2,1-3H3. The monoisotopic (exact) mass is 325 g/mol. The molecule has 1 aromatic carbocycles. The number of hydrogen-bond acceptors (Lipinski definition) is 3. The van der Waals surface area contributed by atoms with Crippen molar-refractivity contribution in [2.75, 3.05) is 6.61 Å². The number of hydrogen-bond donors (Lipinski definition) is 2. The normalized spacial score (nSPS) is 22.5. The lowest BCUT2D eigenvalue weighted by molar-refractivity contribution is -0.219. The van der Waals surface area contributed by atoms with Crippen molar-refractivity contribution in [3.8, 4) is 0 Å². The maximum absolute atomic E-state index is 10.7. The molecule has 1 aromatic rings. The summed E-state index contributed by atoms with van der Waals surface area (Å²) in [5, 5.41) is 11.4. The highest BCUT2D eigenvalue weighted by Crippen LogP contribution is 2.52. The summed E-state index contributed by atoms with van der Waals surface area (Å²) in [5.41, 5.74) is 7.30.